The van der Waals surface area contributed by atoms with Crippen molar-refractivity contribution in [3.8, 4) is 39.4 Å². The second kappa shape index (κ2) is 8.33. The van der Waals surface area contributed by atoms with Crippen LogP contribution < -0.4 is 10.2 Å². The average molecular weight is 495 g/mol. The van der Waals surface area contributed by atoms with Crippen LogP contribution in [0.1, 0.15) is 6.42 Å². The standard InChI is InChI=1S/C28H23ClN6O/c29-24-14-20(34-16-19-13-21(34)15-32-19)4-5-23(24)25-8-11-31-28-26(18-2-1-3-22(36)12-18)27(33-35(25)28)17-6-9-30-10-7-17/h1-12,14,19,21,32,36H,13,15-16H2/t19-,21-/m1/s1. The summed E-state index contributed by atoms with van der Waals surface area (Å²) in [5, 5.41) is 19.4. The first-order valence-corrected chi connectivity index (χ1v) is 12.4. The molecule has 2 bridgehead atoms. The molecule has 5 aromatic rings. The molecule has 0 spiro atoms. The molecule has 0 aliphatic carbocycles. The minimum atomic E-state index is 0.188. The second-order valence-electron chi connectivity index (χ2n) is 9.39. The molecule has 8 heteroatoms. The molecular formula is C28H23ClN6O. The van der Waals surface area contributed by atoms with Gasteiger partial charge in [-0.15, -0.1) is 0 Å². The number of nitrogens with one attached hydrogen (secondary N) is 1. The van der Waals surface area contributed by atoms with Gasteiger partial charge in [-0.05, 0) is 60.5 Å². The van der Waals surface area contributed by atoms with Gasteiger partial charge in [0.05, 0.1) is 16.3 Å². The van der Waals surface area contributed by atoms with Gasteiger partial charge in [-0.1, -0.05) is 23.7 Å². The lowest BCUT2D eigenvalue weighted by atomic mass is 10.0. The van der Waals surface area contributed by atoms with Gasteiger partial charge in [-0.25, -0.2) is 9.50 Å². The molecule has 2 aromatic carbocycles. The van der Waals surface area contributed by atoms with Crippen LogP contribution in [-0.4, -0.2) is 49.9 Å². The van der Waals surface area contributed by atoms with E-state index in [1.54, 1.807) is 30.7 Å². The van der Waals surface area contributed by atoms with Gasteiger partial charge in [0, 0.05) is 60.6 Å². The van der Waals surface area contributed by atoms with Crippen molar-refractivity contribution in [1.29, 1.82) is 0 Å². The first-order chi connectivity index (χ1) is 17.7. The summed E-state index contributed by atoms with van der Waals surface area (Å²) in [5.74, 6) is 0.188. The average Bonchev–Trinajstić information content (AvgIpc) is 3.63. The van der Waals surface area contributed by atoms with E-state index in [-0.39, 0.29) is 5.75 Å². The third-order valence-electron chi connectivity index (χ3n) is 7.22. The predicted molar refractivity (Wildman–Crippen MR) is 141 cm³/mol. The van der Waals surface area contributed by atoms with E-state index in [1.807, 2.05) is 34.8 Å². The number of halogens is 1. The summed E-state index contributed by atoms with van der Waals surface area (Å²) in [6.07, 6.45) is 6.46. The van der Waals surface area contributed by atoms with Crippen molar-refractivity contribution in [1.82, 2.24) is 24.9 Å². The summed E-state index contributed by atoms with van der Waals surface area (Å²) < 4.78 is 1.85. The van der Waals surface area contributed by atoms with Gasteiger partial charge < -0.3 is 15.3 Å². The van der Waals surface area contributed by atoms with Crippen LogP contribution in [0.2, 0.25) is 5.02 Å². The molecule has 0 radical (unpaired) electrons. The van der Waals surface area contributed by atoms with Crippen molar-refractivity contribution in [2.24, 2.45) is 0 Å². The molecule has 0 amide bonds. The van der Waals surface area contributed by atoms with Crippen LogP contribution in [0.5, 0.6) is 5.75 Å². The fourth-order valence-electron chi connectivity index (χ4n) is 5.56. The Bertz CT molecular complexity index is 1600. The minimum Gasteiger partial charge on any atom is -0.508 e. The molecule has 2 fully saturated rings. The highest BCUT2D eigenvalue weighted by atomic mass is 35.5. The van der Waals surface area contributed by atoms with E-state index in [2.05, 4.69) is 33.4 Å². The lowest BCUT2D eigenvalue weighted by Crippen LogP contribution is -2.43. The Morgan fingerprint density at radius 1 is 0.972 bits per heavy atom. The van der Waals surface area contributed by atoms with Crippen molar-refractivity contribution >= 4 is 22.9 Å². The molecule has 2 saturated heterocycles. The number of nitrogens with zero attached hydrogens (tertiary/aromatic N) is 5. The molecular weight excluding hydrogens is 472 g/mol. The highest BCUT2D eigenvalue weighted by Crippen LogP contribution is 2.39. The third kappa shape index (κ3) is 3.43. The van der Waals surface area contributed by atoms with Crippen molar-refractivity contribution in [2.75, 3.05) is 18.0 Å². The number of benzene rings is 2. The summed E-state index contributed by atoms with van der Waals surface area (Å²) in [7, 11) is 0. The number of piperazine rings is 1. The molecule has 2 aliphatic heterocycles. The number of pyridine rings is 1. The van der Waals surface area contributed by atoms with Crippen LogP contribution >= 0.6 is 11.6 Å². The number of hydrogen-bond donors (Lipinski definition) is 2. The van der Waals surface area contributed by atoms with Crippen molar-refractivity contribution in [3.63, 3.8) is 0 Å². The van der Waals surface area contributed by atoms with Crippen LogP contribution in [0.4, 0.5) is 5.69 Å². The number of aromatic hydroxyl groups is 1. The number of aromatic nitrogens is 4. The lowest BCUT2D eigenvalue weighted by Gasteiger charge is -2.30. The van der Waals surface area contributed by atoms with E-state index in [0.29, 0.717) is 22.8 Å². The van der Waals surface area contributed by atoms with Gasteiger partial charge in [-0.2, -0.15) is 5.10 Å². The zero-order valence-electron chi connectivity index (χ0n) is 19.3. The molecule has 2 atom stereocenters. The number of hydrogen-bond acceptors (Lipinski definition) is 6. The predicted octanol–water partition coefficient (Wildman–Crippen LogP) is 5.03. The lowest BCUT2D eigenvalue weighted by molar-refractivity contribution is 0.475. The smallest absolute Gasteiger partial charge is 0.164 e. The summed E-state index contributed by atoms with van der Waals surface area (Å²) in [4.78, 5) is 11.3. The topological polar surface area (TPSA) is 78.6 Å². The molecule has 36 heavy (non-hydrogen) atoms. The first kappa shape index (κ1) is 21.4. The summed E-state index contributed by atoms with van der Waals surface area (Å²) in [6, 6.07) is 20.3. The quantitative estimate of drug-likeness (QED) is 0.364. The van der Waals surface area contributed by atoms with E-state index in [0.717, 1.165) is 52.4 Å². The second-order valence-corrected chi connectivity index (χ2v) is 9.79. The molecule has 3 aromatic heterocycles. The summed E-state index contributed by atoms with van der Waals surface area (Å²) >= 11 is 6.90. The summed E-state index contributed by atoms with van der Waals surface area (Å²) in [5.41, 5.74) is 6.93. The van der Waals surface area contributed by atoms with E-state index in [1.165, 1.54) is 6.42 Å². The minimum absolute atomic E-state index is 0.188. The molecule has 5 heterocycles. The Morgan fingerprint density at radius 2 is 1.86 bits per heavy atom. The SMILES string of the molecule is Oc1cccc(-c2c(-c3ccncc3)nn3c(-c4ccc(N5C[C@H]6C[C@@H]5CN6)cc4Cl)ccnc23)c1. The number of anilines is 1. The van der Waals surface area contributed by atoms with Crippen molar-refractivity contribution < 1.29 is 5.11 Å². The van der Waals surface area contributed by atoms with Crippen LogP contribution in [0, 0.1) is 0 Å². The Morgan fingerprint density at radius 3 is 2.61 bits per heavy atom. The maximum Gasteiger partial charge on any atom is 0.164 e. The highest BCUT2D eigenvalue weighted by Gasteiger charge is 2.37. The highest BCUT2D eigenvalue weighted by molar-refractivity contribution is 6.33. The van der Waals surface area contributed by atoms with Gasteiger partial charge in [0.1, 0.15) is 11.4 Å². The molecule has 2 N–H and O–H groups in total. The molecule has 0 saturated carbocycles. The Labute approximate surface area is 213 Å². The maximum absolute atomic E-state index is 10.2. The Kier molecular flexibility index (Phi) is 4.94. The monoisotopic (exact) mass is 494 g/mol. The van der Waals surface area contributed by atoms with E-state index in [4.69, 9.17) is 21.7 Å². The van der Waals surface area contributed by atoms with Crippen LogP contribution in [0.25, 0.3) is 39.3 Å². The molecule has 0 unspecified atom stereocenters. The molecule has 2 aliphatic rings. The van der Waals surface area contributed by atoms with Gasteiger partial charge in [0.25, 0.3) is 0 Å². The number of rotatable bonds is 4. The summed E-state index contributed by atoms with van der Waals surface area (Å²) in [6.45, 7) is 2.04. The van der Waals surface area contributed by atoms with Crippen molar-refractivity contribution in [3.05, 3.63) is 84.3 Å². The molecule has 7 nitrogen and oxygen atoms in total. The zero-order valence-corrected chi connectivity index (χ0v) is 20.1. The fourth-order valence-corrected chi connectivity index (χ4v) is 5.83. The van der Waals surface area contributed by atoms with Gasteiger partial charge in [0.2, 0.25) is 0 Å². The van der Waals surface area contributed by atoms with Crippen molar-refractivity contribution in [2.45, 2.75) is 18.5 Å². The third-order valence-corrected chi connectivity index (χ3v) is 7.54. The molecule has 7 rings (SSSR count). The van der Waals surface area contributed by atoms with E-state index >= 15 is 0 Å². The number of phenols is 1. The number of phenolic OH excluding ortho intramolecular Hbond substituents is 1. The Hall–Kier alpha value is -3.94. The van der Waals surface area contributed by atoms with E-state index < -0.39 is 0 Å². The first-order valence-electron chi connectivity index (χ1n) is 12.0. The van der Waals surface area contributed by atoms with Crippen LogP contribution in [0.3, 0.4) is 0 Å². The van der Waals surface area contributed by atoms with Gasteiger partial charge in [0.15, 0.2) is 5.65 Å². The normalized spacial score (nSPS) is 18.9. The van der Waals surface area contributed by atoms with Crippen LogP contribution in [-0.2, 0) is 0 Å². The van der Waals surface area contributed by atoms with Gasteiger partial charge >= 0.3 is 0 Å². The number of fused-ring (bicyclic) bond motifs is 3. The largest absolute Gasteiger partial charge is 0.508 e. The van der Waals surface area contributed by atoms with Crippen LogP contribution in [0.15, 0.2) is 79.3 Å². The van der Waals surface area contributed by atoms with E-state index in [9.17, 15) is 5.11 Å². The maximum atomic E-state index is 10.2. The van der Waals surface area contributed by atoms with Gasteiger partial charge in [-0.3, -0.25) is 4.98 Å². The fraction of sp³-hybridized carbons (Fsp3) is 0.179. The Balaban J connectivity index is 1.39. The molecule has 178 valence electrons. The zero-order chi connectivity index (χ0) is 24.2.